The van der Waals surface area contributed by atoms with Crippen LogP contribution >= 0.6 is 0 Å². The third-order valence-corrected chi connectivity index (χ3v) is 4.02. The predicted octanol–water partition coefficient (Wildman–Crippen LogP) is 3.15. The van der Waals surface area contributed by atoms with Crippen molar-refractivity contribution in [3.8, 4) is 0 Å². The summed E-state index contributed by atoms with van der Waals surface area (Å²) < 4.78 is 39.5. The minimum absolute atomic E-state index is 0.0958. The van der Waals surface area contributed by atoms with Gasteiger partial charge in [0.05, 0.1) is 17.4 Å². The van der Waals surface area contributed by atoms with Crippen LogP contribution in [0.3, 0.4) is 0 Å². The normalized spacial score (nSPS) is 19.2. The molecule has 8 heteroatoms. The van der Waals surface area contributed by atoms with E-state index in [4.69, 9.17) is 0 Å². The summed E-state index contributed by atoms with van der Waals surface area (Å²) in [5.74, 6) is 0.804. The van der Waals surface area contributed by atoms with Gasteiger partial charge < -0.3 is 4.90 Å². The molecule has 0 radical (unpaired) electrons. The molecule has 124 valence electrons. The highest BCUT2D eigenvalue weighted by molar-refractivity contribution is 5.43. The molecule has 1 aliphatic heterocycles. The second-order valence-corrected chi connectivity index (χ2v) is 5.84. The van der Waals surface area contributed by atoms with Crippen LogP contribution in [-0.4, -0.2) is 32.8 Å². The number of nitrogens with zero attached hydrogens (tertiary/aromatic N) is 5. The summed E-state index contributed by atoms with van der Waals surface area (Å²) in [5.41, 5.74) is 0.806. The lowest BCUT2D eigenvalue weighted by atomic mass is 10.1. The molecule has 3 rings (SSSR count). The zero-order valence-corrected chi connectivity index (χ0v) is 13.0. The van der Waals surface area contributed by atoms with E-state index in [0.717, 1.165) is 42.7 Å². The molecule has 0 saturated carbocycles. The van der Waals surface area contributed by atoms with Crippen molar-refractivity contribution >= 4 is 5.82 Å². The van der Waals surface area contributed by atoms with Gasteiger partial charge in [0.1, 0.15) is 5.82 Å². The van der Waals surface area contributed by atoms with E-state index in [-0.39, 0.29) is 6.04 Å². The molecule has 0 aromatic carbocycles. The third kappa shape index (κ3) is 3.30. The molecule has 0 aliphatic carbocycles. The summed E-state index contributed by atoms with van der Waals surface area (Å²) in [7, 11) is 0. The van der Waals surface area contributed by atoms with Crippen LogP contribution in [0.5, 0.6) is 0 Å². The van der Waals surface area contributed by atoms with Crippen molar-refractivity contribution in [3.05, 3.63) is 35.5 Å². The summed E-state index contributed by atoms with van der Waals surface area (Å²) in [5, 5.41) is 3.70. The van der Waals surface area contributed by atoms with Gasteiger partial charge in [0, 0.05) is 25.5 Å². The molecule has 0 bridgehead atoms. The summed E-state index contributed by atoms with van der Waals surface area (Å²) >= 11 is 0. The van der Waals surface area contributed by atoms with Gasteiger partial charge in [0.2, 0.25) is 0 Å². The van der Waals surface area contributed by atoms with Gasteiger partial charge in [0.25, 0.3) is 0 Å². The smallest absolute Gasteiger partial charge is 0.353 e. The fourth-order valence-corrected chi connectivity index (χ4v) is 2.88. The highest BCUT2D eigenvalue weighted by atomic mass is 19.4. The van der Waals surface area contributed by atoms with E-state index in [1.807, 2.05) is 13.8 Å². The topological polar surface area (TPSA) is 46.8 Å². The van der Waals surface area contributed by atoms with Crippen LogP contribution < -0.4 is 4.90 Å². The number of rotatable bonds is 2. The average Bonchev–Trinajstić information content (AvgIpc) is 3.00. The van der Waals surface area contributed by atoms with Crippen molar-refractivity contribution in [2.75, 3.05) is 18.0 Å². The summed E-state index contributed by atoms with van der Waals surface area (Å²) in [6.45, 7) is 5.17. The summed E-state index contributed by atoms with van der Waals surface area (Å²) in [4.78, 5) is 10.9. The molecule has 3 heterocycles. The largest absolute Gasteiger partial charge is 0.435 e. The van der Waals surface area contributed by atoms with Crippen molar-refractivity contribution < 1.29 is 13.2 Å². The Morgan fingerprint density at radius 3 is 2.74 bits per heavy atom. The monoisotopic (exact) mass is 325 g/mol. The Morgan fingerprint density at radius 1 is 1.26 bits per heavy atom. The van der Waals surface area contributed by atoms with Crippen molar-refractivity contribution in [3.63, 3.8) is 0 Å². The zero-order valence-electron chi connectivity index (χ0n) is 13.0. The zero-order chi connectivity index (χ0) is 16.6. The van der Waals surface area contributed by atoms with E-state index in [0.29, 0.717) is 6.54 Å². The molecular formula is C15H18F3N5. The maximum Gasteiger partial charge on any atom is 0.435 e. The van der Waals surface area contributed by atoms with Gasteiger partial charge >= 0.3 is 6.18 Å². The lowest BCUT2D eigenvalue weighted by molar-refractivity contribution is -0.141. The molecule has 1 atom stereocenters. The highest BCUT2D eigenvalue weighted by Crippen LogP contribution is 2.30. The minimum atomic E-state index is -4.40. The van der Waals surface area contributed by atoms with Gasteiger partial charge in [-0.25, -0.2) is 4.98 Å². The molecule has 0 N–H and O–H groups in total. The highest BCUT2D eigenvalue weighted by Gasteiger charge is 2.34. The second kappa shape index (κ2) is 5.82. The molecule has 5 nitrogen and oxygen atoms in total. The Kier molecular flexibility index (Phi) is 3.99. The van der Waals surface area contributed by atoms with Gasteiger partial charge in [0.15, 0.2) is 5.69 Å². The number of alkyl halides is 3. The summed E-state index contributed by atoms with van der Waals surface area (Å²) in [6, 6.07) is 0.929. The maximum absolute atomic E-state index is 12.7. The molecule has 0 unspecified atom stereocenters. The fourth-order valence-electron chi connectivity index (χ4n) is 2.88. The van der Waals surface area contributed by atoms with Crippen LogP contribution in [0.2, 0.25) is 0 Å². The van der Waals surface area contributed by atoms with E-state index in [1.54, 1.807) is 6.20 Å². The Balaban J connectivity index is 1.81. The van der Waals surface area contributed by atoms with Crippen molar-refractivity contribution in [1.82, 2.24) is 19.7 Å². The number of hydrogen-bond acceptors (Lipinski definition) is 4. The number of piperidine rings is 1. The molecule has 2 aromatic rings. The van der Waals surface area contributed by atoms with E-state index in [1.165, 1.54) is 10.9 Å². The predicted molar refractivity (Wildman–Crippen MR) is 79.2 cm³/mol. The Morgan fingerprint density at radius 2 is 2.04 bits per heavy atom. The van der Waals surface area contributed by atoms with Gasteiger partial charge in [-0.05, 0) is 32.8 Å². The average molecular weight is 325 g/mol. The van der Waals surface area contributed by atoms with Crippen LogP contribution in [-0.2, 0) is 6.18 Å². The first-order valence-electron chi connectivity index (χ1n) is 7.52. The van der Waals surface area contributed by atoms with Crippen molar-refractivity contribution in [2.45, 2.75) is 38.9 Å². The third-order valence-electron chi connectivity index (χ3n) is 4.02. The lowest BCUT2D eigenvalue weighted by Gasteiger charge is -2.34. The van der Waals surface area contributed by atoms with E-state index in [2.05, 4.69) is 20.0 Å². The Labute approximate surface area is 132 Å². The van der Waals surface area contributed by atoms with Crippen LogP contribution in [0.25, 0.3) is 0 Å². The van der Waals surface area contributed by atoms with Gasteiger partial charge in [-0.1, -0.05) is 0 Å². The fraction of sp³-hybridized carbons (Fsp3) is 0.533. The van der Waals surface area contributed by atoms with Crippen LogP contribution in [0.4, 0.5) is 19.0 Å². The number of hydrogen-bond donors (Lipinski definition) is 0. The standard InChI is InChI=1S/C15H18F3N5/c1-10-8-19-11(2)14(20-10)22-6-3-4-12(9-22)23-7-5-13(21-23)15(16,17)18/h5,7-8,12H,3-4,6,9H2,1-2H3/t12-/m0/s1. The Bertz CT molecular complexity index is 695. The second-order valence-electron chi connectivity index (χ2n) is 5.84. The van der Waals surface area contributed by atoms with Crippen LogP contribution in [0, 0.1) is 13.8 Å². The first-order valence-corrected chi connectivity index (χ1v) is 7.52. The molecule has 1 saturated heterocycles. The van der Waals surface area contributed by atoms with E-state index < -0.39 is 11.9 Å². The lowest BCUT2D eigenvalue weighted by Crippen LogP contribution is -2.38. The first kappa shape index (κ1) is 15.8. The maximum atomic E-state index is 12.7. The first-order chi connectivity index (χ1) is 10.8. The summed E-state index contributed by atoms with van der Waals surface area (Å²) in [6.07, 6.45) is 0.391. The molecular weight excluding hydrogens is 307 g/mol. The van der Waals surface area contributed by atoms with E-state index >= 15 is 0 Å². The van der Waals surface area contributed by atoms with Crippen molar-refractivity contribution in [2.24, 2.45) is 0 Å². The molecule has 23 heavy (non-hydrogen) atoms. The quantitative estimate of drug-likeness (QED) is 0.851. The molecule has 0 amide bonds. The number of anilines is 1. The molecule has 1 aliphatic rings. The van der Waals surface area contributed by atoms with Gasteiger partial charge in [-0.15, -0.1) is 0 Å². The SMILES string of the molecule is Cc1cnc(C)c(N2CCC[C@H](n3ccc(C(F)(F)F)n3)C2)n1. The van der Waals surface area contributed by atoms with Crippen LogP contribution in [0.15, 0.2) is 18.5 Å². The Hall–Kier alpha value is -2.12. The number of aryl methyl sites for hydroxylation is 2. The van der Waals surface area contributed by atoms with Gasteiger partial charge in [-0.2, -0.15) is 18.3 Å². The van der Waals surface area contributed by atoms with Crippen molar-refractivity contribution in [1.29, 1.82) is 0 Å². The van der Waals surface area contributed by atoms with E-state index in [9.17, 15) is 13.2 Å². The number of halogens is 3. The van der Waals surface area contributed by atoms with Crippen LogP contribution in [0.1, 0.15) is 36.0 Å². The molecule has 1 fully saturated rings. The van der Waals surface area contributed by atoms with Gasteiger partial charge in [-0.3, -0.25) is 9.67 Å². The number of aromatic nitrogens is 4. The molecule has 0 spiro atoms. The molecule has 2 aromatic heterocycles. The minimum Gasteiger partial charge on any atom is -0.353 e.